The van der Waals surface area contributed by atoms with Gasteiger partial charge in [0.05, 0.1) is 10.6 Å². The number of rotatable bonds is 5. The molecule has 0 aliphatic heterocycles. The second-order valence-corrected chi connectivity index (χ2v) is 8.09. The number of nitro groups is 1. The van der Waals surface area contributed by atoms with Crippen LogP contribution in [0, 0.1) is 10.1 Å². The fourth-order valence-corrected chi connectivity index (χ4v) is 4.03. The van der Waals surface area contributed by atoms with Crippen LogP contribution in [0.25, 0.3) is 0 Å². The number of aromatic nitrogens is 2. The second-order valence-electron chi connectivity index (χ2n) is 6.38. The lowest BCUT2D eigenvalue weighted by Crippen LogP contribution is -2.26. The van der Waals surface area contributed by atoms with Gasteiger partial charge in [0.2, 0.25) is 5.91 Å². The molecule has 1 fully saturated rings. The number of hydrogen-bond acceptors (Lipinski definition) is 4. The lowest BCUT2D eigenvalue weighted by Gasteiger charge is -2.17. The molecule has 1 aromatic heterocycles. The summed E-state index contributed by atoms with van der Waals surface area (Å²) in [5.74, 6) is -0.648. The largest absolute Gasteiger partial charge is 0.435 e. The zero-order chi connectivity index (χ0) is 20.8. The summed E-state index contributed by atoms with van der Waals surface area (Å²) in [6.45, 7) is 1.45. The average molecular weight is 526 g/mol. The number of amides is 1. The molecular weight excluding hydrogens is 513 g/mol. The van der Waals surface area contributed by atoms with Crippen molar-refractivity contribution >= 4 is 49.1 Å². The third kappa shape index (κ3) is 4.22. The molecule has 3 rings (SSSR count). The van der Waals surface area contributed by atoms with Crippen molar-refractivity contribution in [2.24, 2.45) is 0 Å². The van der Waals surface area contributed by atoms with Gasteiger partial charge < -0.3 is 5.32 Å². The van der Waals surface area contributed by atoms with Gasteiger partial charge in [-0.3, -0.25) is 19.6 Å². The Morgan fingerprint density at radius 1 is 1.32 bits per heavy atom. The highest BCUT2D eigenvalue weighted by Gasteiger charge is 2.39. The van der Waals surface area contributed by atoms with Crippen molar-refractivity contribution in [1.82, 2.24) is 9.78 Å². The van der Waals surface area contributed by atoms with Gasteiger partial charge in [0.1, 0.15) is 6.04 Å². The van der Waals surface area contributed by atoms with Gasteiger partial charge in [-0.15, -0.1) is 0 Å². The Morgan fingerprint density at radius 2 is 1.89 bits per heavy atom. The Balaban J connectivity index is 1.88. The van der Waals surface area contributed by atoms with E-state index in [1.807, 2.05) is 0 Å². The van der Waals surface area contributed by atoms with Crippen LogP contribution in [0.4, 0.5) is 24.5 Å². The van der Waals surface area contributed by atoms with Crippen molar-refractivity contribution in [3.8, 4) is 0 Å². The molecule has 28 heavy (non-hydrogen) atoms. The zero-order valence-corrected chi connectivity index (χ0v) is 17.4. The molecule has 1 unspecified atom stereocenters. The SMILES string of the molecule is CC(C(=O)Nc1c(Br)cc([N+](=O)[O-])cc1Br)n1nc(C(F)(F)F)cc1C1CC1. The minimum atomic E-state index is -4.60. The maximum Gasteiger partial charge on any atom is 0.435 e. The van der Waals surface area contributed by atoms with Gasteiger partial charge in [0.15, 0.2) is 5.69 Å². The molecule has 7 nitrogen and oxygen atoms in total. The van der Waals surface area contributed by atoms with Crippen molar-refractivity contribution < 1.29 is 22.9 Å². The van der Waals surface area contributed by atoms with Crippen LogP contribution in [0.15, 0.2) is 27.1 Å². The minimum absolute atomic E-state index is 0.0447. The normalized spacial score (nSPS) is 15.4. The fourth-order valence-electron chi connectivity index (χ4n) is 2.66. The summed E-state index contributed by atoms with van der Waals surface area (Å²) < 4.78 is 40.7. The lowest BCUT2D eigenvalue weighted by molar-refractivity contribution is -0.385. The number of hydrogen-bond donors (Lipinski definition) is 1. The molecule has 1 aliphatic carbocycles. The van der Waals surface area contributed by atoms with Crippen molar-refractivity contribution in [1.29, 1.82) is 0 Å². The van der Waals surface area contributed by atoms with E-state index in [1.165, 1.54) is 19.1 Å². The Labute approximate surface area is 173 Å². The van der Waals surface area contributed by atoms with Crippen LogP contribution in [0.3, 0.4) is 0 Å². The number of carbonyl (C=O) groups is 1. The van der Waals surface area contributed by atoms with Gasteiger partial charge in [-0.2, -0.15) is 18.3 Å². The average Bonchev–Trinajstić information content (AvgIpc) is 3.33. The van der Waals surface area contributed by atoms with E-state index in [9.17, 15) is 28.1 Å². The number of nitrogens with one attached hydrogen (secondary N) is 1. The molecule has 150 valence electrons. The molecule has 1 aromatic carbocycles. The van der Waals surface area contributed by atoms with Crippen LogP contribution in [0.1, 0.15) is 43.1 Å². The lowest BCUT2D eigenvalue weighted by atomic mass is 10.2. The van der Waals surface area contributed by atoms with Crippen LogP contribution in [0.2, 0.25) is 0 Å². The first-order chi connectivity index (χ1) is 13.0. The number of anilines is 1. The Bertz CT molecular complexity index is 934. The standard InChI is InChI=1S/C16H13Br2F3N4O3/c1-7(24-12(8-2-3-8)6-13(23-24)16(19,20)21)15(26)22-14-10(17)4-9(25(27)28)5-11(14)18/h4-8H,2-3H2,1H3,(H,22,26). The number of alkyl halides is 3. The first kappa shape index (κ1) is 20.8. The fraction of sp³-hybridized carbons (Fsp3) is 0.375. The summed E-state index contributed by atoms with van der Waals surface area (Å²) >= 11 is 6.32. The Kier molecular flexibility index (Phi) is 5.54. The topological polar surface area (TPSA) is 90.1 Å². The molecule has 1 atom stereocenters. The van der Waals surface area contributed by atoms with Gasteiger partial charge in [-0.05, 0) is 57.7 Å². The zero-order valence-electron chi connectivity index (χ0n) is 14.3. The maximum absolute atomic E-state index is 13.0. The molecule has 1 saturated carbocycles. The summed E-state index contributed by atoms with van der Waals surface area (Å²) in [6.07, 6.45) is -3.11. The molecule has 1 N–H and O–H groups in total. The molecule has 0 spiro atoms. The van der Waals surface area contributed by atoms with Gasteiger partial charge in [-0.1, -0.05) is 0 Å². The van der Waals surface area contributed by atoms with E-state index >= 15 is 0 Å². The molecule has 0 radical (unpaired) electrons. The first-order valence-corrected chi connectivity index (χ1v) is 9.68. The maximum atomic E-state index is 13.0. The summed E-state index contributed by atoms with van der Waals surface area (Å²) in [6, 6.07) is 2.41. The number of benzene rings is 1. The van der Waals surface area contributed by atoms with Crippen LogP contribution < -0.4 is 5.32 Å². The molecule has 12 heteroatoms. The third-order valence-electron chi connectivity index (χ3n) is 4.28. The predicted octanol–water partition coefficient (Wildman–Crippen LogP) is 5.41. The summed E-state index contributed by atoms with van der Waals surface area (Å²) in [5.41, 5.74) is -0.620. The summed E-state index contributed by atoms with van der Waals surface area (Å²) in [5, 5.41) is 17.1. The van der Waals surface area contributed by atoms with Crippen LogP contribution in [-0.4, -0.2) is 20.6 Å². The van der Waals surface area contributed by atoms with E-state index in [2.05, 4.69) is 42.3 Å². The molecular formula is C16H13Br2F3N4O3. The van der Waals surface area contributed by atoms with Gasteiger partial charge in [0.25, 0.3) is 5.69 Å². The first-order valence-electron chi connectivity index (χ1n) is 8.10. The van der Waals surface area contributed by atoms with Crippen molar-refractivity contribution in [2.75, 3.05) is 5.32 Å². The summed E-state index contributed by atoms with van der Waals surface area (Å²) in [4.78, 5) is 23.0. The minimum Gasteiger partial charge on any atom is -0.322 e. The van der Waals surface area contributed by atoms with E-state index in [0.717, 1.165) is 23.6 Å². The monoisotopic (exact) mass is 524 g/mol. The van der Waals surface area contributed by atoms with E-state index < -0.39 is 28.7 Å². The van der Waals surface area contributed by atoms with E-state index in [1.54, 1.807) is 0 Å². The Morgan fingerprint density at radius 3 is 2.36 bits per heavy atom. The molecule has 0 saturated heterocycles. The molecule has 1 heterocycles. The van der Waals surface area contributed by atoms with Gasteiger partial charge in [0, 0.05) is 32.7 Å². The van der Waals surface area contributed by atoms with Crippen LogP contribution in [-0.2, 0) is 11.0 Å². The quantitative estimate of drug-likeness (QED) is 0.417. The molecule has 0 bridgehead atoms. The van der Waals surface area contributed by atoms with Crippen molar-refractivity contribution in [3.05, 3.63) is 48.6 Å². The molecule has 1 aliphatic rings. The van der Waals surface area contributed by atoms with Crippen molar-refractivity contribution in [3.63, 3.8) is 0 Å². The number of halogens is 5. The third-order valence-corrected chi connectivity index (χ3v) is 5.53. The number of non-ortho nitro benzene ring substituents is 1. The van der Waals surface area contributed by atoms with E-state index in [-0.39, 0.29) is 26.2 Å². The van der Waals surface area contributed by atoms with Crippen LogP contribution in [0.5, 0.6) is 0 Å². The highest BCUT2D eigenvalue weighted by molar-refractivity contribution is 9.11. The van der Waals surface area contributed by atoms with Crippen LogP contribution >= 0.6 is 31.9 Å². The van der Waals surface area contributed by atoms with Gasteiger partial charge >= 0.3 is 6.18 Å². The smallest absolute Gasteiger partial charge is 0.322 e. The van der Waals surface area contributed by atoms with E-state index in [0.29, 0.717) is 5.69 Å². The van der Waals surface area contributed by atoms with Gasteiger partial charge in [-0.25, -0.2) is 0 Å². The van der Waals surface area contributed by atoms with E-state index in [4.69, 9.17) is 0 Å². The number of nitro benzene ring substituents is 1. The Hall–Kier alpha value is -1.95. The number of nitrogens with zero attached hydrogens (tertiary/aromatic N) is 3. The van der Waals surface area contributed by atoms with Crippen molar-refractivity contribution in [2.45, 2.75) is 37.9 Å². The highest BCUT2D eigenvalue weighted by atomic mass is 79.9. The molecule has 1 amide bonds. The number of carbonyl (C=O) groups excluding carboxylic acids is 1. The predicted molar refractivity (Wildman–Crippen MR) is 101 cm³/mol. The highest BCUT2D eigenvalue weighted by Crippen LogP contribution is 2.43. The molecule has 2 aromatic rings. The summed E-state index contributed by atoms with van der Waals surface area (Å²) in [7, 11) is 0. The second kappa shape index (κ2) is 7.47.